The van der Waals surface area contributed by atoms with E-state index in [4.69, 9.17) is 9.11 Å². The number of hydrogen-bond donors (Lipinski definition) is 3. The maximum Gasteiger partial charge on any atom is 0.350 e. The lowest BCUT2D eigenvalue weighted by Crippen LogP contribution is -2.44. The molecule has 17 nitrogen and oxygen atoms in total. The second-order valence-corrected chi connectivity index (χ2v) is 9.05. The summed E-state index contributed by atoms with van der Waals surface area (Å²) < 4.78 is 63.9. The fraction of sp³-hybridized carbons (Fsp3) is 0.636. The summed E-state index contributed by atoms with van der Waals surface area (Å²) in [6, 6.07) is 0. The van der Waals surface area contributed by atoms with E-state index in [0.717, 1.165) is 0 Å². The molecule has 2 heterocycles. The van der Waals surface area contributed by atoms with Gasteiger partial charge in [0.15, 0.2) is 10.5 Å². The van der Waals surface area contributed by atoms with Gasteiger partial charge in [0.25, 0.3) is 20.2 Å². The summed E-state index contributed by atoms with van der Waals surface area (Å²) in [6.45, 7) is -1.87. The van der Waals surface area contributed by atoms with Gasteiger partial charge in [0.05, 0.1) is 18.9 Å². The van der Waals surface area contributed by atoms with Crippen molar-refractivity contribution in [3.05, 3.63) is 0 Å². The lowest BCUT2D eigenvalue weighted by molar-refractivity contribution is -0.343. The van der Waals surface area contributed by atoms with Crippen LogP contribution in [0.15, 0.2) is 0 Å². The predicted molar refractivity (Wildman–Crippen MR) is 83.7 cm³/mol. The van der Waals surface area contributed by atoms with Crippen LogP contribution in [-0.4, -0.2) is 95.1 Å². The summed E-state index contributed by atoms with van der Waals surface area (Å²) in [4.78, 5) is 65.8. The monoisotopic (exact) mass is 478 g/mol. The van der Waals surface area contributed by atoms with E-state index in [9.17, 15) is 41.1 Å². The van der Waals surface area contributed by atoms with Gasteiger partial charge in [-0.1, -0.05) is 0 Å². The maximum atomic E-state index is 12.1. The van der Waals surface area contributed by atoms with Crippen LogP contribution in [0.4, 0.5) is 0 Å². The molecule has 2 aliphatic heterocycles. The average Bonchev–Trinajstić information content (AvgIpc) is 2.56. The Morgan fingerprint density at radius 1 is 0.700 bits per heavy atom. The number of aliphatic hydroxyl groups excluding tert-OH is 1. The first-order chi connectivity index (χ1) is 13.7. The molecule has 2 fully saturated rings. The summed E-state index contributed by atoms with van der Waals surface area (Å²) in [5.74, 6) is -6.85. The molecule has 0 aromatic heterocycles. The molecule has 2 rings (SSSR count). The van der Waals surface area contributed by atoms with Crippen molar-refractivity contribution >= 4 is 44.1 Å². The van der Waals surface area contributed by atoms with Crippen LogP contribution in [0.1, 0.15) is 12.8 Å². The summed E-state index contributed by atoms with van der Waals surface area (Å²) in [5.41, 5.74) is 0. The highest BCUT2D eigenvalue weighted by Gasteiger charge is 2.43. The molecule has 3 unspecified atom stereocenters. The van der Waals surface area contributed by atoms with Crippen molar-refractivity contribution in [3.63, 3.8) is 0 Å². The standard InChI is InChI=1S/C11H14N2O15S2/c14-5-3-12-25-8(15)1-6(29(19,20)21)10(17)27-13(4-5)28-11(18)7(30(22,23)24)2-9(16)26-12/h5-7,14H,1-4H2,(H,19,20,21)(H,22,23,24). The van der Waals surface area contributed by atoms with Gasteiger partial charge in [-0.15, -0.1) is 0 Å². The van der Waals surface area contributed by atoms with Gasteiger partial charge in [0, 0.05) is 10.5 Å². The zero-order valence-electron chi connectivity index (χ0n) is 14.5. The Hall–Kier alpha value is -2.42. The molecular weight excluding hydrogens is 464 g/mol. The fourth-order valence-corrected chi connectivity index (χ4v) is 3.40. The molecule has 0 aliphatic carbocycles. The number of hydroxylamine groups is 4. The predicted octanol–water partition coefficient (Wildman–Crippen LogP) is -3.90. The first-order valence-electron chi connectivity index (χ1n) is 7.67. The smallest absolute Gasteiger partial charge is 0.350 e. The van der Waals surface area contributed by atoms with E-state index in [-0.39, 0.29) is 10.5 Å². The third-order valence-electron chi connectivity index (χ3n) is 3.46. The number of aliphatic hydroxyl groups is 1. The number of carbonyl (C=O) groups excluding carboxylic acids is 4. The Kier molecular flexibility index (Phi) is 6.96. The SMILES string of the molecule is O=C1CC(S(=O)(=O)O)C(=O)ON2CC(O)CN(O1)OC(=O)CC(S(=O)(=O)O)C(=O)O2. The fourth-order valence-electron chi connectivity index (χ4n) is 2.13. The van der Waals surface area contributed by atoms with Crippen LogP contribution in [0.2, 0.25) is 0 Å². The van der Waals surface area contributed by atoms with Crippen LogP contribution in [0.25, 0.3) is 0 Å². The molecule has 0 aromatic carbocycles. The average molecular weight is 478 g/mol. The minimum Gasteiger partial charge on any atom is -0.390 e. The van der Waals surface area contributed by atoms with E-state index in [1.54, 1.807) is 0 Å². The van der Waals surface area contributed by atoms with Crippen LogP contribution in [-0.2, 0) is 58.8 Å². The van der Waals surface area contributed by atoms with Crippen LogP contribution in [0.3, 0.4) is 0 Å². The van der Waals surface area contributed by atoms with Gasteiger partial charge >= 0.3 is 23.9 Å². The maximum absolute atomic E-state index is 12.1. The molecule has 2 aliphatic rings. The van der Waals surface area contributed by atoms with Crippen molar-refractivity contribution in [2.75, 3.05) is 13.1 Å². The number of carbonyl (C=O) groups is 4. The molecule has 0 amide bonds. The van der Waals surface area contributed by atoms with E-state index in [1.807, 2.05) is 0 Å². The highest BCUT2D eigenvalue weighted by atomic mass is 32.2. The van der Waals surface area contributed by atoms with E-state index >= 15 is 0 Å². The summed E-state index contributed by atoms with van der Waals surface area (Å²) in [7, 11) is -10.6. The van der Waals surface area contributed by atoms with Gasteiger partial charge in [-0.2, -0.15) is 16.8 Å². The Balaban J connectivity index is 2.53. The van der Waals surface area contributed by atoms with E-state index in [2.05, 4.69) is 19.4 Å². The molecule has 0 aromatic rings. The Morgan fingerprint density at radius 2 is 1.03 bits per heavy atom. The lowest BCUT2D eigenvalue weighted by Gasteiger charge is -2.23. The second-order valence-electron chi connectivity index (χ2n) is 5.85. The van der Waals surface area contributed by atoms with Crippen molar-refractivity contribution in [1.82, 2.24) is 10.5 Å². The molecular formula is C11H14N2O15S2. The van der Waals surface area contributed by atoms with E-state index in [0.29, 0.717) is 0 Å². The molecule has 3 atom stereocenters. The third-order valence-corrected chi connectivity index (χ3v) is 5.62. The zero-order valence-corrected chi connectivity index (χ0v) is 16.1. The number of rotatable bonds is 2. The Bertz CT molecular complexity index is 874. The largest absolute Gasteiger partial charge is 0.390 e. The first kappa shape index (κ1) is 23.9. The van der Waals surface area contributed by atoms with Gasteiger partial charge in [0.2, 0.25) is 0 Å². The van der Waals surface area contributed by atoms with Gasteiger partial charge in [-0.3, -0.25) is 18.7 Å². The minimum atomic E-state index is -5.28. The van der Waals surface area contributed by atoms with Crippen molar-refractivity contribution in [3.8, 4) is 0 Å². The van der Waals surface area contributed by atoms with Crippen LogP contribution in [0.5, 0.6) is 0 Å². The van der Waals surface area contributed by atoms with Crippen molar-refractivity contribution in [2.24, 2.45) is 0 Å². The van der Waals surface area contributed by atoms with Crippen molar-refractivity contribution < 1.29 is 69.6 Å². The molecule has 0 spiro atoms. The highest BCUT2D eigenvalue weighted by Crippen LogP contribution is 2.17. The van der Waals surface area contributed by atoms with Crippen LogP contribution < -0.4 is 0 Å². The topological polar surface area (TPSA) is 241 Å². The third kappa shape index (κ3) is 6.29. The Labute approximate surface area is 167 Å². The van der Waals surface area contributed by atoms with Gasteiger partial charge in [0.1, 0.15) is 13.1 Å². The molecule has 170 valence electrons. The Morgan fingerprint density at radius 3 is 1.37 bits per heavy atom. The molecule has 3 N–H and O–H groups in total. The normalized spacial score (nSPS) is 32.2. The van der Waals surface area contributed by atoms with Gasteiger partial charge in [-0.25, -0.2) is 9.59 Å². The highest BCUT2D eigenvalue weighted by molar-refractivity contribution is 7.87. The summed E-state index contributed by atoms with van der Waals surface area (Å²) in [5, 5.41) is 4.61. The van der Waals surface area contributed by atoms with Crippen molar-refractivity contribution in [2.45, 2.75) is 29.4 Å². The van der Waals surface area contributed by atoms with Crippen molar-refractivity contribution in [1.29, 1.82) is 0 Å². The minimum absolute atomic E-state index is 0.0151. The number of fused-ring (bicyclic) bond motifs is 4. The van der Waals surface area contributed by atoms with Crippen LogP contribution >= 0.6 is 0 Å². The molecule has 2 bridgehead atoms. The number of hydrogen-bond acceptors (Lipinski definition) is 15. The summed E-state index contributed by atoms with van der Waals surface area (Å²) >= 11 is 0. The second kappa shape index (κ2) is 8.75. The molecule has 0 radical (unpaired) electrons. The molecule has 2 saturated heterocycles. The van der Waals surface area contributed by atoms with E-state index < -0.39 is 86.6 Å². The molecule has 30 heavy (non-hydrogen) atoms. The van der Waals surface area contributed by atoms with Gasteiger partial charge < -0.3 is 24.5 Å². The lowest BCUT2D eigenvalue weighted by atomic mass is 10.3. The van der Waals surface area contributed by atoms with Gasteiger partial charge in [-0.05, 0) is 0 Å². The van der Waals surface area contributed by atoms with Crippen LogP contribution in [0, 0.1) is 0 Å². The molecule has 19 heteroatoms. The zero-order chi connectivity index (χ0) is 22.9. The van der Waals surface area contributed by atoms with E-state index in [1.165, 1.54) is 0 Å². The first-order valence-corrected chi connectivity index (χ1v) is 10.7. The molecule has 0 saturated carbocycles. The number of nitrogens with zero attached hydrogens (tertiary/aromatic N) is 2. The quantitative estimate of drug-likeness (QED) is 0.321. The summed E-state index contributed by atoms with van der Waals surface area (Å²) in [6.07, 6.45) is -4.48.